The number of benzene rings is 2. The number of rotatable bonds is 7. The van der Waals surface area contributed by atoms with Gasteiger partial charge in [0.15, 0.2) is 5.13 Å². The Hall–Kier alpha value is -3.52. The molecule has 0 aliphatic heterocycles. The van der Waals surface area contributed by atoms with Gasteiger partial charge in [0, 0.05) is 17.4 Å². The van der Waals surface area contributed by atoms with Crippen LogP contribution in [-0.4, -0.2) is 25.7 Å². The second-order valence-electron chi connectivity index (χ2n) is 5.93. The number of ether oxygens (including phenoxy) is 1. The molecule has 8 heteroatoms. The zero-order valence-corrected chi connectivity index (χ0v) is 15.7. The average molecular weight is 391 g/mol. The molecule has 1 amide bonds. The fraction of sp³-hybridized carbons (Fsp3) is 0.100. The van der Waals surface area contributed by atoms with Crippen LogP contribution in [0.25, 0.3) is 11.3 Å². The average Bonchev–Trinajstić information content (AvgIpc) is 3.40. The highest BCUT2D eigenvalue weighted by Gasteiger charge is 2.09. The van der Waals surface area contributed by atoms with Crippen LogP contribution in [0.1, 0.15) is 6.42 Å². The summed E-state index contributed by atoms with van der Waals surface area (Å²) >= 11 is 1.39. The van der Waals surface area contributed by atoms with Crippen molar-refractivity contribution in [1.29, 1.82) is 0 Å². The van der Waals surface area contributed by atoms with Crippen molar-refractivity contribution in [2.45, 2.75) is 13.0 Å². The number of hydrogen-bond donors (Lipinski definition) is 1. The fourth-order valence-corrected chi connectivity index (χ4v) is 3.26. The van der Waals surface area contributed by atoms with Gasteiger partial charge in [0.1, 0.15) is 24.2 Å². The number of aryl methyl sites for hydroxylation is 1. The van der Waals surface area contributed by atoms with Gasteiger partial charge in [0.25, 0.3) is 0 Å². The van der Waals surface area contributed by atoms with E-state index in [4.69, 9.17) is 4.74 Å². The SMILES string of the molecule is O=C(CCn1cncn1)Nc1nc(-c2ccc(Oc3ccccc3)cc2)cs1. The lowest BCUT2D eigenvalue weighted by Crippen LogP contribution is -2.14. The lowest BCUT2D eigenvalue weighted by molar-refractivity contribution is -0.116. The molecule has 0 spiro atoms. The molecule has 2 aromatic carbocycles. The Labute approximate surface area is 165 Å². The van der Waals surface area contributed by atoms with Gasteiger partial charge in [0.05, 0.1) is 12.2 Å². The number of amides is 1. The largest absolute Gasteiger partial charge is 0.457 e. The molecule has 0 aliphatic carbocycles. The molecular formula is C20H17N5O2S. The lowest BCUT2D eigenvalue weighted by atomic mass is 10.2. The van der Waals surface area contributed by atoms with E-state index in [1.807, 2.05) is 60.0 Å². The summed E-state index contributed by atoms with van der Waals surface area (Å²) in [6.07, 6.45) is 3.34. The summed E-state index contributed by atoms with van der Waals surface area (Å²) in [5.74, 6) is 1.44. The molecule has 0 saturated carbocycles. The Morgan fingerprint density at radius 1 is 1.07 bits per heavy atom. The number of carbonyl (C=O) groups is 1. The summed E-state index contributed by atoms with van der Waals surface area (Å²) in [5, 5.41) is 9.28. The summed E-state index contributed by atoms with van der Waals surface area (Å²) in [6.45, 7) is 0.479. The van der Waals surface area contributed by atoms with E-state index < -0.39 is 0 Å². The first-order chi connectivity index (χ1) is 13.8. The number of hydrogen-bond acceptors (Lipinski definition) is 6. The standard InChI is InChI=1S/C20H17N5O2S/c26-19(10-11-25-14-21-13-22-25)24-20-23-18(12-28-20)15-6-8-17(9-7-15)27-16-4-2-1-3-5-16/h1-9,12-14H,10-11H2,(H,23,24,26). The van der Waals surface area contributed by atoms with Gasteiger partial charge in [-0.3, -0.25) is 9.48 Å². The highest BCUT2D eigenvalue weighted by molar-refractivity contribution is 7.14. The molecule has 0 unspecified atom stereocenters. The van der Waals surface area contributed by atoms with Crippen LogP contribution in [0.4, 0.5) is 5.13 Å². The normalized spacial score (nSPS) is 10.6. The van der Waals surface area contributed by atoms with Gasteiger partial charge in [-0.25, -0.2) is 9.97 Å². The van der Waals surface area contributed by atoms with Crippen LogP contribution in [0, 0.1) is 0 Å². The molecule has 28 heavy (non-hydrogen) atoms. The van der Waals surface area contributed by atoms with Crippen molar-refractivity contribution in [3.05, 3.63) is 72.6 Å². The van der Waals surface area contributed by atoms with Gasteiger partial charge in [-0.15, -0.1) is 11.3 Å². The number of nitrogens with one attached hydrogen (secondary N) is 1. The first-order valence-corrected chi connectivity index (χ1v) is 9.55. The van der Waals surface area contributed by atoms with E-state index >= 15 is 0 Å². The van der Waals surface area contributed by atoms with Gasteiger partial charge in [0.2, 0.25) is 5.91 Å². The molecule has 2 heterocycles. The summed E-state index contributed by atoms with van der Waals surface area (Å²) in [5.41, 5.74) is 1.77. The first kappa shape index (κ1) is 17.9. The molecule has 2 aromatic heterocycles. The molecule has 0 radical (unpaired) electrons. The third kappa shape index (κ3) is 4.60. The summed E-state index contributed by atoms with van der Waals surface area (Å²) in [6, 6.07) is 17.3. The zero-order chi connectivity index (χ0) is 19.2. The minimum Gasteiger partial charge on any atom is -0.457 e. The zero-order valence-electron chi connectivity index (χ0n) is 14.9. The Morgan fingerprint density at radius 3 is 2.61 bits per heavy atom. The van der Waals surface area contributed by atoms with Crippen LogP contribution in [0.15, 0.2) is 72.6 Å². The van der Waals surface area contributed by atoms with Gasteiger partial charge in [-0.2, -0.15) is 5.10 Å². The third-order valence-electron chi connectivity index (χ3n) is 3.91. The highest BCUT2D eigenvalue weighted by Crippen LogP contribution is 2.28. The van der Waals surface area contributed by atoms with Crippen molar-refractivity contribution >= 4 is 22.4 Å². The third-order valence-corrected chi connectivity index (χ3v) is 4.67. The topological polar surface area (TPSA) is 81.9 Å². The maximum Gasteiger partial charge on any atom is 0.228 e. The number of anilines is 1. The van der Waals surface area contributed by atoms with Crippen LogP contribution >= 0.6 is 11.3 Å². The number of aromatic nitrogens is 4. The predicted octanol–water partition coefficient (Wildman–Crippen LogP) is 4.22. The van der Waals surface area contributed by atoms with Gasteiger partial charge in [-0.05, 0) is 36.4 Å². The van der Waals surface area contributed by atoms with Crippen LogP contribution in [0.2, 0.25) is 0 Å². The molecule has 0 atom stereocenters. The second kappa shape index (κ2) is 8.45. The maximum absolute atomic E-state index is 12.0. The van der Waals surface area contributed by atoms with Crippen LogP contribution in [0.3, 0.4) is 0 Å². The van der Waals surface area contributed by atoms with Crippen LogP contribution < -0.4 is 10.1 Å². The summed E-state index contributed by atoms with van der Waals surface area (Å²) in [4.78, 5) is 20.4. The quantitative estimate of drug-likeness (QED) is 0.510. The van der Waals surface area contributed by atoms with E-state index in [9.17, 15) is 4.79 Å². The van der Waals surface area contributed by atoms with Gasteiger partial charge in [-0.1, -0.05) is 18.2 Å². The molecule has 0 aliphatic rings. The van der Waals surface area contributed by atoms with E-state index in [1.165, 1.54) is 17.7 Å². The smallest absolute Gasteiger partial charge is 0.228 e. The Morgan fingerprint density at radius 2 is 1.86 bits per heavy atom. The monoisotopic (exact) mass is 391 g/mol. The van der Waals surface area contributed by atoms with Crippen molar-refractivity contribution in [3.8, 4) is 22.8 Å². The number of carbonyl (C=O) groups excluding carboxylic acids is 1. The lowest BCUT2D eigenvalue weighted by Gasteiger charge is -2.05. The van der Waals surface area contributed by atoms with Crippen molar-refractivity contribution in [2.75, 3.05) is 5.32 Å². The Balaban J connectivity index is 1.35. The minimum absolute atomic E-state index is 0.108. The van der Waals surface area contributed by atoms with E-state index in [0.717, 1.165) is 22.8 Å². The number of thiazole rings is 1. The van der Waals surface area contributed by atoms with Crippen LogP contribution in [0.5, 0.6) is 11.5 Å². The van der Waals surface area contributed by atoms with E-state index in [1.54, 1.807) is 11.0 Å². The summed E-state index contributed by atoms with van der Waals surface area (Å²) in [7, 11) is 0. The van der Waals surface area contributed by atoms with E-state index in [2.05, 4.69) is 20.4 Å². The predicted molar refractivity (Wildman–Crippen MR) is 107 cm³/mol. The van der Waals surface area contributed by atoms with Crippen LogP contribution in [-0.2, 0) is 11.3 Å². The first-order valence-electron chi connectivity index (χ1n) is 8.67. The Kier molecular flexibility index (Phi) is 5.39. The van der Waals surface area contributed by atoms with E-state index in [-0.39, 0.29) is 5.91 Å². The van der Waals surface area contributed by atoms with Crippen molar-refractivity contribution in [3.63, 3.8) is 0 Å². The molecule has 0 bridgehead atoms. The molecule has 1 N–H and O–H groups in total. The van der Waals surface area contributed by atoms with Crippen molar-refractivity contribution < 1.29 is 9.53 Å². The molecule has 140 valence electrons. The van der Waals surface area contributed by atoms with E-state index in [0.29, 0.717) is 18.1 Å². The molecule has 7 nitrogen and oxygen atoms in total. The molecule has 0 saturated heterocycles. The summed E-state index contributed by atoms with van der Waals surface area (Å²) < 4.78 is 7.42. The molecule has 0 fully saturated rings. The second-order valence-corrected chi connectivity index (χ2v) is 6.79. The van der Waals surface area contributed by atoms with Gasteiger partial charge >= 0.3 is 0 Å². The molecule has 4 rings (SSSR count). The highest BCUT2D eigenvalue weighted by atomic mass is 32.1. The number of para-hydroxylation sites is 1. The minimum atomic E-state index is -0.108. The fourth-order valence-electron chi connectivity index (χ4n) is 2.53. The van der Waals surface area contributed by atoms with Crippen molar-refractivity contribution in [1.82, 2.24) is 19.7 Å². The Bertz CT molecular complexity index is 1030. The van der Waals surface area contributed by atoms with Crippen molar-refractivity contribution in [2.24, 2.45) is 0 Å². The molecular weight excluding hydrogens is 374 g/mol. The molecule has 4 aromatic rings. The maximum atomic E-state index is 12.0. The van der Waals surface area contributed by atoms with Gasteiger partial charge < -0.3 is 10.1 Å². The number of nitrogens with zero attached hydrogens (tertiary/aromatic N) is 4.